The van der Waals surface area contributed by atoms with Crippen molar-refractivity contribution in [3.05, 3.63) is 5.82 Å². The SMILES string of the molecule is Cc1nsc(N2CCN(CC(=O)N[C@H]3CCCC[C@@H]3C)CC2)n1. The van der Waals surface area contributed by atoms with Crippen molar-refractivity contribution in [2.24, 2.45) is 5.92 Å². The maximum atomic E-state index is 12.3. The van der Waals surface area contributed by atoms with Crippen LogP contribution >= 0.6 is 11.5 Å². The van der Waals surface area contributed by atoms with Crippen molar-refractivity contribution < 1.29 is 4.79 Å². The van der Waals surface area contributed by atoms with Gasteiger partial charge in [0.2, 0.25) is 11.0 Å². The maximum absolute atomic E-state index is 12.3. The van der Waals surface area contributed by atoms with Crippen molar-refractivity contribution in [1.82, 2.24) is 19.6 Å². The topological polar surface area (TPSA) is 61.4 Å². The monoisotopic (exact) mass is 337 g/mol. The Labute approximate surface area is 142 Å². The third kappa shape index (κ3) is 4.41. The summed E-state index contributed by atoms with van der Waals surface area (Å²) in [6.07, 6.45) is 4.93. The molecule has 1 aliphatic heterocycles. The summed E-state index contributed by atoms with van der Waals surface area (Å²) in [6, 6.07) is 0.377. The van der Waals surface area contributed by atoms with Gasteiger partial charge in [0.15, 0.2) is 0 Å². The minimum atomic E-state index is 0.184. The lowest BCUT2D eigenvalue weighted by Gasteiger charge is -2.35. The summed E-state index contributed by atoms with van der Waals surface area (Å²) >= 11 is 1.46. The van der Waals surface area contributed by atoms with E-state index in [4.69, 9.17) is 0 Å². The van der Waals surface area contributed by atoms with E-state index in [2.05, 4.69) is 31.4 Å². The number of carbonyl (C=O) groups is 1. The third-order valence-corrected chi connectivity index (χ3v) is 5.85. The van der Waals surface area contributed by atoms with Crippen LogP contribution in [0.5, 0.6) is 0 Å². The van der Waals surface area contributed by atoms with Crippen molar-refractivity contribution in [3.63, 3.8) is 0 Å². The van der Waals surface area contributed by atoms with Crippen LogP contribution in [-0.4, -0.2) is 58.9 Å². The number of carbonyl (C=O) groups excluding carboxylic acids is 1. The molecule has 0 radical (unpaired) electrons. The van der Waals surface area contributed by atoms with Gasteiger partial charge in [-0.25, -0.2) is 4.98 Å². The highest BCUT2D eigenvalue weighted by Gasteiger charge is 2.25. The maximum Gasteiger partial charge on any atom is 0.234 e. The molecular formula is C16H27N5OS. The first-order valence-corrected chi connectivity index (χ1v) is 9.46. The molecule has 1 aliphatic carbocycles. The van der Waals surface area contributed by atoms with Crippen LogP contribution < -0.4 is 10.2 Å². The number of aryl methyl sites for hydroxylation is 1. The van der Waals surface area contributed by atoms with Crippen molar-refractivity contribution in [1.29, 1.82) is 0 Å². The second-order valence-electron chi connectivity index (χ2n) is 6.82. The Hall–Kier alpha value is -1.21. The second kappa shape index (κ2) is 7.57. The summed E-state index contributed by atoms with van der Waals surface area (Å²) in [5, 5.41) is 4.25. The molecule has 1 saturated heterocycles. The molecular weight excluding hydrogens is 310 g/mol. The van der Waals surface area contributed by atoms with Crippen LogP contribution in [0.15, 0.2) is 0 Å². The molecule has 1 aromatic heterocycles. The van der Waals surface area contributed by atoms with Gasteiger partial charge in [-0.2, -0.15) is 4.37 Å². The summed E-state index contributed by atoms with van der Waals surface area (Å²) in [5.74, 6) is 1.64. The standard InChI is InChI=1S/C16H27N5OS/c1-12-5-3-4-6-14(12)18-15(22)11-20-7-9-21(10-8-20)16-17-13(2)19-23-16/h12,14H,3-11H2,1-2H3,(H,18,22)/t12-,14-/m0/s1. The van der Waals surface area contributed by atoms with E-state index < -0.39 is 0 Å². The minimum Gasteiger partial charge on any atom is -0.352 e. The highest BCUT2D eigenvalue weighted by Crippen LogP contribution is 2.23. The molecule has 0 spiro atoms. The van der Waals surface area contributed by atoms with E-state index in [0.29, 0.717) is 18.5 Å². The molecule has 0 unspecified atom stereocenters. The summed E-state index contributed by atoms with van der Waals surface area (Å²) in [5.41, 5.74) is 0. The van der Waals surface area contributed by atoms with Gasteiger partial charge in [0.1, 0.15) is 5.82 Å². The fourth-order valence-corrected chi connectivity index (χ4v) is 4.22. The van der Waals surface area contributed by atoms with E-state index in [1.807, 2.05) is 6.92 Å². The lowest BCUT2D eigenvalue weighted by atomic mass is 9.86. The van der Waals surface area contributed by atoms with E-state index in [-0.39, 0.29) is 5.91 Å². The number of hydrogen-bond acceptors (Lipinski definition) is 6. The zero-order chi connectivity index (χ0) is 16.2. The van der Waals surface area contributed by atoms with Gasteiger partial charge in [0, 0.05) is 43.8 Å². The molecule has 0 bridgehead atoms. The molecule has 1 aromatic rings. The third-order valence-electron chi connectivity index (χ3n) is 4.98. The molecule has 7 heteroatoms. The van der Waals surface area contributed by atoms with Crippen LogP contribution in [0, 0.1) is 12.8 Å². The summed E-state index contributed by atoms with van der Waals surface area (Å²) in [6.45, 7) is 8.36. The number of anilines is 1. The molecule has 6 nitrogen and oxygen atoms in total. The summed E-state index contributed by atoms with van der Waals surface area (Å²) in [4.78, 5) is 21.2. The smallest absolute Gasteiger partial charge is 0.234 e. The van der Waals surface area contributed by atoms with Gasteiger partial charge in [-0.15, -0.1) is 0 Å². The quantitative estimate of drug-likeness (QED) is 0.905. The van der Waals surface area contributed by atoms with Crippen molar-refractivity contribution in [2.75, 3.05) is 37.6 Å². The van der Waals surface area contributed by atoms with Crippen LogP contribution in [0.3, 0.4) is 0 Å². The van der Waals surface area contributed by atoms with Crippen LogP contribution in [0.4, 0.5) is 5.13 Å². The van der Waals surface area contributed by atoms with E-state index in [1.54, 1.807) is 0 Å². The van der Waals surface area contributed by atoms with Gasteiger partial charge >= 0.3 is 0 Å². The molecule has 1 N–H and O–H groups in total. The number of aromatic nitrogens is 2. The Bertz CT molecular complexity index is 526. The molecule has 2 atom stereocenters. The summed E-state index contributed by atoms with van der Waals surface area (Å²) in [7, 11) is 0. The van der Waals surface area contributed by atoms with Gasteiger partial charge in [0.05, 0.1) is 6.54 Å². The Morgan fingerprint density at radius 3 is 2.65 bits per heavy atom. The van der Waals surface area contributed by atoms with Crippen LogP contribution in [0.1, 0.15) is 38.4 Å². The Morgan fingerprint density at radius 1 is 1.26 bits per heavy atom. The van der Waals surface area contributed by atoms with E-state index in [1.165, 1.54) is 30.8 Å². The van der Waals surface area contributed by atoms with E-state index in [9.17, 15) is 4.79 Å². The largest absolute Gasteiger partial charge is 0.352 e. The zero-order valence-corrected chi connectivity index (χ0v) is 14.9. The number of amides is 1. The first kappa shape index (κ1) is 16.6. The number of piperazine rings is 1. The lowest BCUT2D eigenvalue weighted by Crippen LogP contribution is -2.51. The van der Waals surface area contributed by atoms with Gasteiger partial charge in [-0.05, 0) is 25.7 Å². The first-order chi connectivity index (χ1) is 11.1. The summed E-state index contributed by atoms with van der Waals surface area (Å²) < 4.78 is 4.24. The van der Waals surface area contributed by atoms with Crippen molar-refractivity contribution in [2.45, 2.75) is 45.6 Å². The lowest BCUT2D eigenvalue weighted by molar-refractivity contribution is -0.123. The van der Waals surface area contributed by atoms with Gasteiger partial charge in [0.25, 0.3) is 0 Å². The molecule has 23 heavy (non-hydrogen) atoms. The highest BCUT2D eigenvalue weighted by molar-refractivity contribution is 7.09. The Balaban J connectivity index is 1.42. The molecule has 0 aromatic carbocycles. The number of nitrogens with one attached hydrogen (secondary N) is 1. The predicted octanol–water partition coefficient (Wildman–Crippen LogP) is 1.66. The second-order valence-corrected chi connectivity index (χ2v) is 7.55. The van der Waals surface area contributed by atoms with E-state index >= 15 is 0 Å². The molecule has 1 saturated carbocycles. The van der Waals surface area contributed by atoms with Crippen molar-refractivity contribution >= 4 is 22.6 Å². The Kier molecular flexibility index (Phi) is 5.48. The molecule has 2 aliphatic rings. The number of rotatable bonds is 4. The predicted molar refractivity (Wildman–Crippen MR) is 92.9 cm³/mol. The van der Waals surface area contributed by atoms with Gasteiger partial charge in [-0.3, -0.25) is 9.69 Å². The molecule has 2 heterocycles. The molecule has 1 amide bonds. The molecule has 128 valence electrons. The Morgan fingerprint density at radius 2 is 2.00 bits per heavy atom. The van der Waals surface area contributed by atoms with E-state index in [0.717, 1.165) is 43.6 Å². The minimum absolute atomic E-state index is 0.184. The average molecular weight is 337 g/mol. The number of hydrogen-bond donors (Lipinski definition) is 1. The van der Waals surface area contributed by atoms with Crippen LogP contribution in [0.2, 0.25) is 0 Å². The van der Waals surface area contributed by atoms with Gasteiger partial charge in [-0.1, -0.05) is 19.8 Å². The van der Waals surface area contributed by atoms with Crippen LogP contribution in [0.25, 0.3) is 0 Å². The fraction of sp³-hybridized carbons (Fsp3) is 0.812. The normalized spacial score (nSPS) is 26.3. The van der Waals surface area contributed by atoms with Gasteiger partial charge < -0.3 is 10.2 Å². The van der Waals surface area contributed by atoms with Crippen LogP contribution in [-0.2, 0) is 4.79 Å². The molecule has 3 rings (SSSR count). The highest BCUT2D eigenvalue weighted by atomic mass is 32.1. The fourth-order valence-electron chi connectivity index (χ4n) is 3.50. The average Bonchev–Trinajstić information content (AvgIpc) is 2.97. The first-order valence-electron chi connectivity index (χ1n) is 8.69. The van der Waals surface area contributed by atoms with Crippen molar-refractivity contribution in [3.8, 4) is 0 Å². The molecule has 2 fully saturated rings. The number of nitrogens with zero attached hydrogens (tertiary/aromatic N) is 4. The zero-order valence-electron chi connectivity index (χ0n) is 14.1.